The summed E-state index contributed by atoms with van der Waals surface area (Å²) in [5.74, 6) is 3.78. The zero-order valence-electron chi connectivity index (χ0n) is 18.1. The Kier molecular flexibility index (Phi) is 4.79. The van der Waals surface area contributed by atoms with Gasteiger partial charge in [0.2, 0.25) is 5.88 Å². The predicted octanol–water partition coefficient (Wildman–Crippen LogP) is 3.74. The van der Waals surface area contributed by atoms with Crippen LogP contribution in [0.5, 0.6) is 5.88 Å². The highest BCUT2D eigenvalue weighted by Crippen LogP contribution is 2.59. The molecule has 2 aromatic heterocycles. The number of aromatic nitrogens is 4. The van der Waals surface area contributed by atoms with Crippen molar-refractivity contribution >= 4 is 5.91 Å². The van der Waals surface area contributed by atoms with E-state index in [2.05, 4.69) is 34.5 Å². The monoisotopic (exact) mass is 409 g/mol. The average molecular weight is 410 g/mol. The highest BCUT2D eigenvalue weighted by Gasteiger charge is 2.50. The van der Waals surface area contributed by atoms with Gasteiger partial charge in [0.15, 0.2) is 5.82 Å². The summed E-state index contributed by atoms with van der Waals surface area (Å²) < 4.78 is 6.72. The Morgan fingerprint density at radius 2 is 1.83 bits per heavy atom. The van der Waals surface area contributed by atoms with Gasteiger partial charge in [0.25, 0.3) is 5.91 Å². The van der Waals surface area contributed by atoms with Crippen LogP contribution in [0.2, 0.25) is 0 Å². The first kappa shape index (κ1) is 19.5. The molecule has 0 aliphatic heterocycles. The van der Waals surface area contributed by atoms with Gasteiger partial charge in [0, 0.05) is 18.8 Å². The molecule has 4 fully saturated rings. The summed E-state index contributed by atoms with van der Waals surface area (Å²) in [6, 6.07) is 3.53. The lowest BCUT2D eigenvalue weighted by atomic mass is 9.49. The van der Waals surface area contributed by atoms with Crippen LogP contribution in [0.4, 0.5) is 0 Å². The molecule has 0 radical (unpaired) electrons. The van der Waals surface area contributed by atoms with E-state index < -0.39 is 0 Å². The van der Waals surface area contributed by atoms with Crippen LogP contribution in [0, 0.1) is 23.2 Å². The van der Waals surface area contributed by atoms with E-state index in [-0.39, 0.29) is 11.8 Å². The Bertz CT molecular complexity index is 898. The molecular formula is C23H31N5O2. The molecule has 0 spiro atoms. The van der Waals surface area contributed by atoms with E-state index in [1.165, 1.54) is 38.5 Å². The molecular weight excluding hydrogens is 378 g/mol. The number of methoxy groups -OCH3 is 1. The minimum absolute atomic E-state index is 0.0258. The van der Waals surface area contributed by atoms with Crippen LogP contribution < -0.4 is 10.1 Å². The maximum atomic E-state index is 13.2. The van der Waals surface area contributed by atoms with Crippen LogP contribution >= 0.6 is 0 Å². The van der Waals surface area contributed by atoms with Gasteiger partial charge in [-0.05, 0) is 73.7 Å². The molecule has 7 nitrogen and oxygen atoms in total. The first-order valence-corrected chi connectivity index (χ1v) is 11.2. The SMILES string of the molecule is COc1ccc(-n2cc(C(=O)NCC34CC5CC(CC(C5)C3)C4)c(C(C)C)n2)nn1. The fourth-order valence-corrected chi connectivity index (χ4v) is 6.52. The molecule has 1 amide bonds. The second-order valence-corrected chi connectivity index (χ2v) is 10.1. The van der Waals surface area contributed by atoms with Gasteiger partial charge in [-0.1, -0.05) is 13.8 Å². The van der Waals surface area contributed by atoms with Crippen molar-refractivity contribution in [3.63, 3.8) is 0 Å². The zero-order chi connectivity index (χ0) is 20.9. The second kappa shape index (κ2) is 7.36. The number of ether oxygens (including phenoxy) is 1. The fraction of sp³-hybridized carbons (Fsp3) is 0.652. The first-order chi connectivity index (χ1) is 14.4. The van der Waals surface area contributed by atoms with Gasteiger partial charge in [-0.3, -0.25) is 4.79 Å². The van der Waals surface area contributed by atoms with E-state index in [4.69, 9.17) is 4.74 Å². The van der Waals surface area contributed by atoms with Crippen molar-refractivity contribution in [3.8, 4) is 11.7 Å². The summed E-state index contributed by atoms with van der Waals surface area (Å²) in [4.78, 5) is 13.2. The number of nitrogens with zero attached hydrogens (tertiary/aromatic N) is 4. The molecule has 160 valence electrons. The third kappa shape index (κ3) is 3.48. The number of hydrogen-bond acceptors (Lipinski definition) is 5. The van der Waals surface area contributed by atoms with Crippen molar-refractivity contribution in [1.29, 1.82) is 0 Å². The predicted molar refractivity (Wildman–Crippen MR) is 113 cm³/mol. The van der Waals surface area contributed by atoms with Gasteiger partial charge in [-0.2, -0.15) is 5.10 Å². The number of nitrogens with one attached hydrogen (secondary N) is 1. The quantitative estimate of drug-likeness (QED) is 0.786. The minimum Gasteiger partial charge on any atom is -0.480 e. The van der Waals surface area contributed by atoms with Gasteiger partial charge in [-0.25, -0.2) is 4.68 Å². The van der Waals surface area contributed by atoms with Crippen molar-refractivity contribution in [3.05, 3.63) is 29.6 Å². The third-order valence-corrected chi connectivity index (χ3v) is 7.39. The molecule has 7 heteroatoms. The highest BCUT2D eigenvalue weighted by atomic mass is 16.5. The normalized spacial score (nSPS) is 29.4. The van der Waals surface area contributed by atoms with Crippen LogP contribution in [0.25, 0.3) is 5.82 Å². The van der Waals surface area contributed by atoms with E-state index in [1.807, 2.05) is 0 Å². The molecule has 4 aliphatic carbocycles. The molecule has 0 unspecified atom stereocenters. The maximum Gasteiger partial charge on any atom is 0.254 e. The van der Waals surface area contributed by atoms with Crippen LogP contribution in [-0.4, -0.2) is 39.5 Å². The number of rotatable bonds is 6. The highest BCUT2D eigenvalue weighted by molar-refractivity contribution is 5.95. The van der Waals surface area contributed by atoms with Crippen molar-refractivity contribution in [2.24, 2.45) is 23.2 Å². The largest absolute Gasteiger partial charge is 0.480 e. The van der Waals surface area contributed by atoms with Crippen molar-refractivity contribution < 1.29 is 9.53 Å². The van der Waals surface area contributed by atoms with E-state index in [1.54, 1.807) is 30.1 Å². The number of carbonyl (C=O) groups is 1. The molecule has 0 saturated heterocycles. The second-order valence-electron chi connectivity index (χ2n) is 10.1. The number of amides is 1. The van der Waals surface area contributed by atoms with Gasteiger partial charge in [-0.15, -0.1) is 10.2 Å². The third-order valence-electron chi connectivity index (χ3n) is 7.39. The molecule has 0 aromatic carbocycles. The lowest BCUT2D eigenvalue weighted by Gasteiger charge is -2.56. The summed E-state index contributed by atoms with van der Waals surface area (Å²) in [6.07, 6.45) is 9.90. The Morgan fingerprint density at radius 3 is 2.37 bits per heavy atom. The van der Waals surface area contributed by atoms with Gasteiger partial charge < -0.3 is 10.1 Å². The lowest BCUT2D eigenvalue weighted by Crippen LogP contribution is -2.51. The van der Waals surface area contributed by atoms with E-state index in [9.17, 15) is 4.79 Å². The number of carbonyl (C=O) groups excluding carboxylic acids is 1. The number of hydrogen-bond donors (Lipinski definition) is 1. The molecule has 4 bridgehead atoms. The van der Waals surface area contributed by atoms with Crippen LogP contribution in [0.15, 0.2) is 18.3 Å². The van der Waals surface area contributed by atoms with E-state index in [0.29, 0.717) is 22.7 Å². The Morgan fingerprint density at radius 1 is 1.17 bits per heavy atom. The summed E-state index contributed by atoms with van der Waals surface area (Å²) in [6.45, 7) is 4.91. The molecule has 4 saturated carbocycles. The standard InChI is InChI=1S/C23H31N5O2/c1-14(2)21-18(12-28(27-21)19-4-5-20(30-3)26-25-19)22(29)24-13-23-9-15-6-16(10-23)8-17(7-15)11-23/h4-5,12,14-17H,6-11,13H2,1-3H3,(H,24,29). The zero-order valence-corrected chi connectivity index (χ0v) is 18.1. The summed E-state index contributed by atoms with van der Waals surface area (Å²) >= 11 is 0. The average Bonchev–Trinajstić information content (AvgIpc) is 3.17. The van der Waals surface area contributed by atoms with Crippen LogP contribution in [0.3, 0.4) is 0 Å². The first-order valence-electron chi connectivity index (χ1n) is 11.2. The van der Waals surface area contributed by atoms with E-state index >= 15 is 0 Å². The Balaban J connectivity index is 1.34. The molecule has 0 atom stereocenters. The molecule has 2 heterocycles. The van der Waals surface area contributed by atoms with Gasteiger partial charge in [0.05, 0.1) is 18.4 Å². The molecule has 2 aromatic rings. The van der Waals surface area contributed by atoms with Crippen molar-refractivity contribution in [2.75, 3.05) is 13.7 Å². The summed E-state index contributed by atoms with van der Waals surface area (Å²) in [5.41, 5.74) is 1.74. The van der Waals surface area contributed by atoms with Crippen molar-refractivity contribution in [1.82, 2.24) is 25.3 Å². The molecule has 6 rings (SSSR count). The Labute approximate surface area is 177 Å². The lowest BCUT2D eigenvalue weighted by molar-refractivity contribution is -0.0503. The topological polar surface area (TPSA) is 81.9 Å². The fourth-order valence-electron chi connectivity index (χ4n) is 6.52. The van der Waals surface area contributed by atoms with Gasteiger partial charge >= 0.3 is 0 Å². The minimum atomic E-state index is -0.0258. The van der Waals surface area contributed by atoms with Crippen LogP contribution in [0.1, 0.15) is 74.3 Å². The van der Waals surface area contributed by atoms with Gasteiger partial charge in [0.1, 0.15) is 0 Å². The summed E-state index contributed by atoms with van der Waals surface area (Å²) in [7, 11) is 1.56. The molecule has 1 N–H and O–H groups in total. The molecule has 30 heavy (non-hydrogen) atoms. The summed E-state index contributed by atoms with van der Waals surface area (Å²) in [5, 5.41) is 16.1. The van der Waals surface area contributed by atoms with Crippen molar-refractivity contribution in [2.45, 2.75) is 58.3 Å². The molecule has 4 aliphatic rings. The Hall–Kier alpha value is -2.44. The van der Waals surface area contributed by atoms with E-state index in [0.717, 1.165) is 30.0 Å². The van der Waals surface area contributed by atoms with Crippen LogP contribution in [-0.2, 0) is 0 Å². The smallest absolute Gasteiger partial charge is 0.254 e. The maximum absolute atomic E-state index is 13.2.